The summed E-state index contributed by atoms with van der Waals surface area (Å²) < 4.78 is 18.2. The molecule has 2 N–H and O–H groups in total. The number of nitrogens with zero attached hydrogens (tertiary/aromatic N) is 6. The van der Waals surface area contributed by atoms with Crippen LogP contribution in [0.25, 0.3) is 27.9 Å². The minimum Gasteiger partial charge on any atom is -0.493 e. The molecular weight excluding hydrogens is 496 g/mol. The second-order valence-corrected chi connectivity index (χ2v) is 8.41. The maximum Gasteiger partial charge on any atom is 0.241 e. The Morgan fingerprint density at radius 3 is 2.33 bits per heavy atom. The number of para-hydroxylation sites is 3. The average molecular weight is 521 g/mol. The van der Waals surface area contributed by atoms with Gasteiger partial charge in [-0.15, -0.1) is 0 Å². The van der Waals surface area contributed by atoms with E-state index in [1.807, 2.05) is 59.2 Å². The number of hydrogen-bond acceptors (Lipinski definition) is 10. The quantitative estimate of drug-likeness (QED) is 0.274. The van der Waals surface area contributed by atoms with Gasteiger partial charge in [-0.05, 0) is 24.3 Å². The molecule has 0 spiro atoms. The molecule has 0 bridgehead atoms. The van der Waals surface area contributed by atoms with Crippen LogP contribution in [-0.2, 0) is 0 Å². The predicted octanol–water partition coefficient (Wildman–Crippen LogP) is 5.27. The van der Waals surface area contributed by atoms with E-state index in [2.05, 4.69) is 25.6 Å². The van der Waals surface area contributed by atoms with Crippen molar-refractivity contribution in [3.63, 3.8) is 0 Å². The Hall–Kier alpha value is -5.45. The van der Waals surface area contributed by atoms with Crippen molar-refractivity contribution in [2.24, 2.45) is 0 Å². The Bertz CT molecular complexity index is 1770. The highest BCUT2D eigenvalue weighted by Crippen LogP contribution is 2.40. The van der Waals surface area contributed by atoms with Crippen LogP contribution in [0.2, 0.25) is 0 Å². The fraction of sp³-hybridized carbons (Fsp3) is 0.107. The van der Waals surface area contributed by atoms with Crippen molar-refractivity contribution < 1.29 is 14.2 Å². The second-order valence-electron chi connectivity index (χ2n) is 8.41. The summed E-state index contributed by atoms with van der Waals surface area (Å²) in [4.78, 5) is 22.9. The third-order valence-electron chi connectivity index (χ3n) is 6.12. The van der Waals surface area contributed by atoms with E-state index in [9.17, 15) is 0 Å². The Morgan fingerprint density at radius 1 is 0.744 bits per heavy atom. The van der Waals surface area contributed by atoms with Gasteiger partial charge in [0, 0.05) is 29.4 Å². The van der Waals surface area contributed by atoms with Crippen LogP contribution in [0.4, 0.5) is 23.3 Å². The summed E-state index contributed by atoms with van der Waals surface area (Å²) in [5, 5.41) is 7.66. The minimum absolute atomic E-state index is 0.324. The Labute approximate surface area is 223 Å². The summed E-state index contributed by atoms with van der Waals surface area (Å²) in [5.74, 6) is 2.74. The van der Waals surface area contributed by atoms with Crippen LogP contribution in [-0.4, -0.2) is 50.8 Å². The van der Waals surface area contributed by atoms with Crippen LogP contribution in [0.15, 0.2) is 79.3 Å². The highest BCUT2D eigenvalue weighted by molar-refractivity contribution is 5.92. The van der Waals surface area contributed by atoms with Crippen molar-refractivity contribution in [3.05, 3.63) is 79.3 Å². The Balaban J connectivity index is 1.42. The van der Waals surface area contributed by atoms with Crippen LogP contribution in [0.5, 0.6) is 17.2 Å². The number of anilines is 4. The first-order chi connectivity index (χ1) is 19.2. The molecule has 0 saturated carbocycles. The molecule has 0 unspecified atom stereocenters. The first-order valence-corrected chi connectivity index (χ1v) is 12.0. The van der Waals surface area contributed by atoms with Crippen molar-refractivity contribution in [2.75, 3.05) is 32.0 Å². The van der Waals surface area contributed by atoms with Gasteiger partial charge in [0.2, 0.25) is 23.6 Å². The van der Waals surface area contributed by atoms with Crippen molar-refractivity contribution in [2.45, 2.75) is 0 Å². The van der Waals surface area contributed by atoms with Gasteiger partial charge in [0.1, 0.15) is 6.33 Å². The van der Waals surface area contributed by atoms with Crippen LogP contribution in [0, 0.1) is 0 Å². The van der Waals surface area contributed by atoms with Gasteiger partial charge in [0.15, 0.2) is 11.5 Å². The van der Waals surface area contributed by atoms with Gasteiger partial charge in [-0.3, -0.25) is 4.98 Å². The SMILES string of the molecule is COc1cc(Nc2ncnc(-n3c(Nc4cccc5cccnc45)nc4ccccc43)n2)cc(OC)c1OC. The van der Waals surface area contributed by atoms with E-state index >= 15 is 0 Å². The summed E-state index contributed by atoms with van der Waals surface area (Å²) in [6.07, 6.45) is 3.21. The summed E-state index contributed by atoms with van der Waals surface area (Å²) in [6, 6.07) is 21.2. The van der Waals surface area contributed by atoms with Gasteiger partial charge in [0.25, 0.3) is 0 Å². The van der Waals surface area contributed by atoms with E-state index in [0.29, 0.717) is 40.8 Å². The van der Waals surface area contributed by atoms with Crippen LogP contribution < -0.4 is 24.8 Å². The number of methoxy groups -OCH3 is 3. The fourth-order valence-corrected chi connectivity index (χ4v) is 4.38. The number of nitrogens with one attached hydrogen (secondary N) is 2. The molecule has 39 heavy (non-hydrogen) atoms. The highest BCUT2D eigenvalue weighted by Gasteiger charge is 2.18. The lowest BCUT2D eigenvalue weighted by atomic mass is 10.2. The topological polar surface area (TPSA) is 121 Å². The molecule has 3 aromatic heterocycles. The van der Waals surface area contributed by atoms with Gasteiger partial charge in [0.05, 0.1) is 43.6 Å². The number of fused-ring (bicyclic) bond motifs is 2. The van der Waals surface area contributed by atoms with Gasteiger partial charge < -0.3 is 24.8 Å². The van der Waals surface area contributed by atoms with Gasteiger partial charge >= 0.3 is 0 Å². The molecule has 11 nitrogen and oxygen atoms in total. The lowest BCUT2D eigenvalue weighted by molar-refractivity contribution is 0.324. The fourth-order valence-electron chi connectivity index (χ4n) is 4.38. The van der Waals surface area contributed by atoms with Crippen molar-refractivity contribution in [1.82, 2.24) is 29.5 Å². The molecular formula is C28H24N8O3. The van der Waals surface area contributed by atoms with Crippen molar-refractivity contribution in [1.29, 1.82) is 0 Å². The van der Waals surface area contributed by atoms with Crippen molar-refractivity contribution in [3.8, 4) is 23.2 Å². The van der Waals surface area contributed by atoms with Gasteiger partial charge in [-0.1, -0.05) is 30.3 Å². The third-order valence-corrected chi connectivity index (χ3v) is 6.12. The molecule has 0 atom stereocenters. The zero-order valence-electron chi connectivity index (χ0n) is 21.4. The standard InChI is InChI=1S/C28H24N8O3/c1-37-22-14-18(15-23(38-2)25(22)39-3)32-26-30-16-31-27(35-26)36-21-12-5-4-10-19(21)33-28(36)34-20-11-6-8-17-9-7-13-29-24(17)20/h4-16H,1-3H3,(H,33,34)(H,30,31,32,35). The summed E-state index contributed by atoms with van der Waals surface area (Å²) >= 11 is 0. The molecule has 0 saturated heterocycles. The van der Waals surface area contributed by atoms with Crippen molar-refractivity contribution >= 4 is 45.2 Å². The Kier molecular flexibility index (Phi) is 6.21. The van der Waals surface area contributed by atoms with Gasteiger partial charge in [-0.2, -0.15) is 4.98 Å². The molecule has 0 amide bonds. The first-order valence-electron chi connectivity index (χ1n) is 12.0. The number of ether oxygens (including phenoxy) is 3. The van der Waals surface area contributed by atoms with E-state index < -0.39 is 0 Å². The van der Waals surface area contributed by atoms with E-state index in [4.69, 9.17) is 24.2 Å². The molecule has 6 aromatic rings. The van der Waals surface area contributed by atoms with E-state index in [-0.39, 0.29) is 0 Å². The van der Waals surface area contributed by atoms with Crippen LogP contribution >= 0.6 is 0 Å². The Morgan fingerprint density at radius 2 is 1.54 bits per heavy atom. The zero-order valence-corrected chi connectivity index (χ0v) is 21.4. The van der Waals surface area contributed by atoms with Gasteiger partial charge in [-0.25, -0.2) is 19.5 Å². The molecule has 0 aliphatic carbocycles. The monoisotopic (exact) mass is 520 g/mol. The number of pyridine rings is 1. The molecule has 11 heteroatoms. The lowest BCUT2D eigenvalue weighted by Gasteiger charge is -2.15. The number of benzene rings is 3. The minimum atomic E-state index is 0.324. The smallest absolute Gasteiger partial charge is 0.241 e. The average Bonchev–Trinajstić information content (AvgIpc) is 3.34. The molecule has 0 aliphatic heterocycles. The van der Waals surface area contributed by atoms with Crippen LogP contribution in [0.1, 0.15) is 0 Å². The normalized spacial score (nSPS) is 10.9. The van der Waals surface area contributed by atoms with E-state index in [0.717, 1.165) is 27.6 Å². The molecule has 0 aliphatic rings. The largest absolute Gasteiger partial charge is 0.493 e. The molecule has 3 heterocycles. The first kappa shape index (κ1) is 23.9. The maximum absolute atomic E-state index is 5.47. The van der Waals surface area contributed by atoms with E-state index in [1.165, 1.54) is 6.33 Å². The molecule has 3 aromatic carbocycles. The third kappa shape index (κ3) is 4.46. The second kappa shape index (κ2) is 10.1. The number of aromatic nitrogens is 6. The number of rotatable bonds is 8. The summed E-state index contributed by atoms with van der Waals surface area (Å²) in [7, 11) is 4.68. The highest BCUT2D eigenvalue weighted by atomic mass is 16.5. The van der Waals surface area contributed by atoms with E-state index in [1.54, 1.807) is 39.7 Å². The molecule has 194 valence electrons. The van der Waals surface area contributed by atoms with Crippen LogP contribution in [0.3, 0.4) is 0 Å². The zero-order chi connectivity index (χ0) is 26.8. The molecule has 0 radical (unpaired) electrons. The lowest BCUT2D eigenvalue weighted by Crippen LogP contribution is -2.09. The predicted molar refractivity (Wildman–Crippen MR) is 149 cm³/mol. The maximum atomic E-state index is 5.47. The number of imidazole rings is 1. The summed E-state index contributed by atoms with van der Waals surface area (Å²) in [5.41, 5.74) is 3.91. The summed E-state index contributed by atoms with van der Waals surface area (Å²) in [6.45, 7) is 0. The molecule has 6 rings (SSSR count). The molecule has 0 fully saturated rings. The number of hydrogen-bond donors (Lipinski definition) is 2.